The van der Waals surface area contributed by atoms with Crippen LogP contribution in [0.15, 0.2) is 12.1 Å². The summed E-state index contributed by atoms with van der Waals surface area (Å²) in [6, 6.07) is 3.95. The van der Waals surface area contributed by atoms with E-state index in [9.17, 15) is 10.2 Å². The van der Waals surface area contributed by atoms with E-state index in [1.165, 1.54) is 0 Å². The highest BCUT2D eigenvalue weighted by molar-refractivity contribution is 6.18. The van der Waals surface area contributed by atoms with Gasteiger partial charge >= 0.3 is 0 Å². The average Bonchev–Trinajstić information content (AvgIpc) is 2.34. The number of alkyl halides is 1. The summed E-state index contributed by atoms with van der Waals surface area (Å²) in [6.07, 6.45) is 2.72. The van der Waals surface area contributed by atoms with E-state index in [4.69, 9.17) is 11.6 Å². The Labute approximate surface area is 119 Å². The molecule has 0 spiro atoms. The third kappa shape index (κ3) is 3.02. The van der Waals surface area contributed by atoms with Crippen molar-refractivity contribution < 1.29 is 10.2 Å². The van der Waals surface area contributed by atoms with Crippen molar-refractivity contribution in [1.82, 2.24) is 4.90 Å². The van der Waals surface area contributed by atoms with Gasteiger partial charge in [-0.25, -0.2) is 0 Å². The molecule has 0 aliphatic heterocycles. The molecule has 0 fully saturated rings. The van der Waals surface area contributed by atoms with Crippen LogP contribution in [-0.2, 0) is 12.8 Å². The molecular weight excluding hydrogens is 273 g/mol. The van der Waals surface area contributed by atoms with Crippen LogP contribution in [0.3, 0.4) is 0 Å². The van der Waals surface area contributed by atoms with Gasteiger partial charge in [-0.3, -0.25) is 0 Å². The van der Waals surface area contributed by atoms with E-state index in [0.717, 1.165) is 36.9 Å². The van der Waals surface area contributed by atoms with E-state index in [-0.39, 0.29) is 23.9 Å². The molecule has 0 radical (unpaired) electrons. The molecule has 1 aromatic rings. The molecule has 1 aliphatic rings. The minimum atomic E-state index is -0.0173. The summed E-state index contributed by atoms with van der Waals surface area (Å²) in [5, 5.41) is 19.2. The van der Waals surface area contributed by atoms with E-state index in [2.05, 4.69) is 11.9 Å². The maximum absolute atomic E-state index is 9.79. The van der Waals surface area contributed by atoms with Crippen LogP contribution in [0.4, 0.5) is 0 Å². The molecule has 3 nitrogen and oxygen atoms in total. The Bertz CT molecular complexity index is 412. The van der Waals surface area contributed by atoms with Crippen molar-refractivity contribution in [3.8, 4) is 11.5 Å². The van der Waals surface area contributed by atoms with Gasteiger partial charge < -0.3 is 15.1 Å². The molecule has 102 valence electrons. The van der Waals surface area contributed by atoms with Crippen LogP contribution in [-0.4, -0.2) is 40.6 Å². The first kappa shape index (κ1) is 15.4. The Hall–Kier alpha value is -0.640. The van der Waals surface area contributed by atoms with Crippen molar-refractivity contribution in [1.29, 1.82) is 0 Å². The molecule has 0 amide bonds. The maximum Gasteiger partial charge on any atom is 0.160 e. The van der Waals surface area contributed by atoms with Crippen LogP contribution < -0.4 is 0 Å². The zero-order valence-electron chi connectivity index (χ0n) is 10.4. The number of phenolic OH excluding ortho intramolecular Hbond substituents is 2. The van der Waals surface area contributed by atoms with Crippen LogP contribution in [0.25, 0.3) is 0 Å². The van der Waals surface area contributed by atoms with Crippen LogP contribution in [0, 0.1) is 0 Å². The Balaban J connectivity index is 0.00000162. The Morgan fingerprint density at radius 1 is 1.39 bits per heavy atom. The van der Waals surface area contributed by atoms with Gasteiger partial charge in [0.25, 0.3) is 0 Å². The third-order valence-corrected chi connectivity index (χ3v) is 3.77. The van der Waals surface area contributed by atoms with E-state index < -0.39 is 0 Å². The second kappa shape index (κ2) is 6.50. The minimum absolute atomic E-state index is 0. The van der Waals surface area contributed by atoms with Crippen LogP contribution >= 0.6 is 24.0 Å². The van der Waals surface area contributed by atoms with Crippen LogP contribution in [0.2, 0.25) is 0 Å². The number of likely N-dealkylation sites (N-methyl/N-ethyl adjacent to an activating group) is 1. The second-order valence-electron chi connectivity index (χ2n) is 4.64. The second-order valence-corrected chi connectivity index (χ2v) is 5.02. The minimum Gasteiger partial charge on any atom is -0.504 e. The highest BCUT2D eigenvalue weighted by Crippen LogP contribution is 2.36. The highest BCUT2D eigenvalue weighted by atomic mass is 35.5. The Morgan fingerprint density at radius 3 is 2.78 bits per heavy atom. The molecule has 1 aromatic carbocycles. The molecule has 5 heteroatoms. The van der Waals surface area contributed by atoms with Gasteiger partial charge in [-0.05, 0) is 37.9 Å². The summed E-state index contributed by atoms with van der Waals surface area (Å²) in [6.45, 7) is 0.881. The number of aromatic hydroxyl groups is 2. The lowest BCUT2D eigenvalue weighted by Gasteiger charge is -2.32. The van der Waals surface area contributed by atoms with Crippen molar-refractivity contribution in [3.63, 3.8) is 0 Å². The van der Waals surface area contributed by atoms with Crippen molar-refractivity contribution in [2.24, 2.45) is 0 Å². The molecule has 2 rings (SSSR count). The number of benzene rings is 1. The Morgan fingerprint density at radius 2 is 2.11 bits per heavy atom. The molecular formula is C13H19Cl2NO2. The van der Waals surface area contributed by atoms with Gasteiger partial charge in [0.2, 0.25) is 0 Å². The molecule has 1 atom stereocenters. The summed E-state index contributed by atoms with van der Waals surface area (Å²) in [4.78, 5) is 2.26. The number of nitrogens with zero attached hydrogens (tertiary/aromatic N) is 1. The van der Waals surface area contributed by atoms with Gasteiger partial charge in [-0.15, -0.1) is 24.0 Å². The smallest absolute Gasteiger partial charge is 0.160 e. The zero-order valence-corrected chi connectivity index (χ0v) is 12.0. The van der Waals surface area contributed by atoms with Crippen molar-refractivity contribution in [2.45, 2.75) is 25.3 Å². The third-order valence-electron chi connectivity index (χ3n) is 3.60. The first-order chi connectivity index (χ1) is 8.13. The van der Waals surface area contributed by atoms with E-state index in [0.29, 0.717) is 11.9 Å². The fourth-order valence-electron chi connectivity index (χ4n) is 2.49. The molecule has 0 heterocycles. The number of halogens is 2. The van der Waals surface area contributed by atoms with Crippen LogP contribution in [0.5, 0.6) is 11.5 Å². The van der Waals surface area contributed by atoms with Gasteiger partial charge in [-0.2, -0.15) is 0 Å². The molecule has 2 N–H and O–H groups in total. The first-order valence-electron chi connectivity index (χ1n) is 5.92. The topological polar surface area (TPSA) is 43.7 Å². The predicted molar refractivity (Wildman–Crippen MR) is 76.2 cm³/mol. The van der Waals surface area contributed by atoms with Gasteiger partial charge in [0.1, 0.15) is 0 Å². The lowest BCUT2D eigenvalue weighted by atomic mass is 9.87. The average molecular weight is 292 g/mol. The van der Waals surface area contributed by atoms with Gasteiger partial charge in [0.15, 0.2) is 11.5 Å². The lowest BCUT2D eigenvalue weighted by Crippen LogP contribution is -2.37. The number of hydrogen-bond donors (Lipinski definition) is 2. The summed E-state index contributed by atoms with van der Waals surface area (Å²) < 4.78 is 0. The van der Waals surface area contributed by atoms with Gasteiger partial charge in [0.05, 0.1) is 0 Å². The monoisotopic (exact) mass is 291 g/mol. The zero-order chi connectivity index (χ0) is 12.4. The lowest BCUT2D eigenvalue weighted by molar-refractivity contribution is 0.232. The van der Waals surface area contributed by atoms with E-state index in [1.807, 2.05) is 6.07 Å². The number of phenols is 2. The molecule has 0 saturated carbocycles. The number of hydrogen-bond acceptors (Lipinski definition) is 3. The van der Waals surface area contributed by atoms with Crippen molar-refractivity contribution >= 4 is 24.0 Å². The normalized spacial score (nSPS) is 18.3. The molecule has 1 unspecified atom stereocenters. The number of fused-ring (bicyclic) bond motifs is 1. The predicted octanol–water partition coefficient (Wildman–Crippen LogP) is 2.55. The summed E-state index contributed by atoms with van der Waals surface area (Å²) in [5.74, 6) is 0.679. The fraction of sp³-hybridized carbons (Fsp3) is 0.538. The molecule has 18 heavy (non-hydrogen) atoms. The van der Waals surface area contributed by atoms with Crippen molar-refractivity contribution in [2.75, 3.05) is 19.5 Å². The summed E-state index contributed by atoms with van der Waals surface area (Å²) >= 11 is 5.75. The first-order valence-corrected chi connectivity index (χ1v) is 6.45. The molecule has 0 bridgehead atoms. The molecule has 0 saturated heterocycles. The summed E-state index contributed by atoms with van der Waals surface area (Å²) in [7, 11) is 2.08. The van der Waals surface area contributed by atoms with Crippen LogP contribution in [0.1, 0.15) is 17.5 Å². The van der Waals surface area contributed by atoms with Crippen molar-refractivity contribution in [3.05, 3.63) is 23.3 Å². The van der Waals surface area contributed by atoms with Gasteiger partial charge in [-0.1, -0.05) is 6.07 Å². The van der Waals surface area contributed by atoms with E-state index >= 15 is 0 Å². The standard InChI is InChI=1S/C13H18ClNO2.ClH/c1-15(7-6-14)10-3-4-11-9(8-10)2-5-12(16)13(11)17;/h2,5,10,16-17H,3-4,6-8H2,1H3;1H. The Kier molecular flexibility index (Phi) is 5.57. The maximum atomic E-state index is 9.79. The molecule has 0 aromatic heterocycles. The number of rotatable bonds is 3. The SMILES string of the molecule is CN(CCCl)C1CCc2c(ccc(O)c2O)C1.Cl. The summed E-state index contributed by atoms with van der Waals surface area (Å²) in [5.41, 5.74) is 2.04. The fourth-order valence-corrected chi connectivity index (χ4v) is 2.76. The van der Waals surface area contributed by atoms with E-state index in [1.54, 1.807) is 6.07 Å². The highest BCUT2D eigenvalue weighted by Gasteiger charge is 2.24. The van der Waals surface area contributed by atoms with Gasteiger partial charge in [0, 0.05) is 24.0 Å². The molecule has 1 aliphatic carbocycles. The quantitative estimate of drug-likeness (QED) is 0.664. The largest absolute Gasteiger partial charge is 0.504 e.